The van der Waals surface area contributed by atoms with E-state index in [9.17, 15) is 0 Å². The summed E-state index contributed by atoms with van der Waals surface area (Å²) in [5, 5.41) is 8.37. The largest absolute Gasteiger partial charge is 0.748 e. The maximum Gasteiger partial charge on any atom is 0.243 e. The van der Waals surface area contributed by atoms with E-state index in [4.69, 9.17) is 18.1 Å². The molecule has 2 N–H and O–H groups in total. The van der Waals surface area contributed by atoms with Crippen molar-refractivity contribution < 1.29 is 22.6 Å². The fourth-order valence-corrected chi connectivity index (χ4v) is 0.409. The lowest BCUT2D eigenvalue weighted by atomic mass is 10.9. The van der Waals surface area contributed by atoms with Crippen LogP contribution in [0.5, 0.6) is 0 Å². The van der Waals surface area contributed by atoms with Gasteiger partial charge >= 0.3 is 0 Å². The number of rotatable bonds is 1. The minimum Gasteiger partial charge on any atom is -0.748 e. The minimum atomic E-state index is -3.92. The van der Waals surface area contributed by atoms with E-state index in [1.54, 1.807) is 23.3 Å². The molecule has 0 spiro atoms. The summed E-state index contributed by atoms with van der Waals surface area (Å²) in [6, 6.07) is 0. The summed E-state index contributed by atoms with van der Waals surface area (Å²) >= 11 is 0. The van der Waals surface area contributed by atoms with Crippen molar-refractivity contribution in [1.29, 1.82) is 0 Å². The smallest absolute Gasteiger partial charge is 0.243 e. The van der Waals surface area contributed by atoms with Crippen LogP contribution in [0, 0.1) is 0 Å². The first-order valence-corrected chi connectivity index (χ1v) is 4.78. The topological polar surface area (TPSA) is 97.1 Å². The highest BCUT2D eigenvalue weighted by Gasteiger charge is 1.86. The molecule has 7 heteroatoms. The molecule has 0 saturated carbocycles. The third-order valence-electron chi connectivity index (χ3n) is 0.766. The number of imidazole rings is 1. The number of nitrogens with one attached hydrogen (secondary N) is 1. The van der Waals surface area contributed by atoms with Gasteiger partial charge in [0, 0.05) is 6.26 Å². The molecule has 70 valence electrons. The van der Waals surface area contributed by atoms with Crippen molar-refractivity contribution in [2.75, 3.05) is 6.26 Å². The summed E-state index contributed by atoms with van der Waals surface area (Å²) in [5.41, 5.74) is 0. The highest BCUT2D eigenvalue weighted by Crippen LogP contribution is 1.64. The van der Waals surface area contributed by atoms with E-state index in [1.165, 1.54) is 0 Å². The van der Waals surface area contributed by atoms with E-state index in [-0.39, 0.29) is 6.73 Å². The number of aliphatic hydroxyl groups is 1. The zero-order valence-corrected chi connectivity index (χ0v) is 7.28. The number of aromatic nitrogens is 2. The predicted octanol–water partition coefficient (Wildman–Crippen LogP) is -1.59. The maximum absolute atomic E-state index is 9.08. The molecule has 0 amide bonds. The molecular weight excluding hydrogens is 184 g/mol. The van der Waals surface area contributed by atoms with Gasteiger partial charge in [0.2, 0.25) is 6.33 Å². The third-order valence-corrected chi connectivity index (χ3v) is 0.766. The molecule has 0 atom stereocenters. The average molecular weight is 194 g/mol. The fraction of sp³-hybridized carbons (Fsp3) is 0.400. The second-order valence-electron chi connectivity index (χ2n) is 1.97. The van der Waals surface area contributed by atoms with Crippen molar-refractivity contribution in [3.8, 4) is 0 Å². The van der Waals surface area contributed by atoms with E-state index in [1.807, 2.05) is 0 Å². The lowest BCUT2D eigenvalue weighted by molar-refractivity contribution is -0.728. The molecule has 0 aliphatic carbocycles. The van der Waals surface area contributed by atoms with E-state index in [2.05, 4.69) is 4.98 Å². The Balaban J connectivity index is 0.000000217. The molecule has 1 aromatic heterocycles. The van der Waals surface area contributed by atoms with Crippen LogP contribution in [0.1, 0.15) is 0 Å². The van der Waals surface area contributed by atoms with Crippen LogP contribution in [0.15, 0.2) is 18.7 Å². The Kier molecular flexibility index (Phi) is 4.49. The highest BCUT2D eigenvalue weighted by molar-refractivity contribution is 7.84. The van der Waals surface area contributed by atoms with Gasteiger partial charge in [0.05, 0.1) is 10.1 Å². The molecule has 1 rings (SSSR count). The molecule has 1 aromatic rings. The number of aromatic amines is 1. The summed E-state index contributed by atoms with van der Waals surface area (Å²) in [7, 11) is -3.92. The second-order valence-corrected chi connectivity index (χ2v) is 3.38. The Hall–Kier alpha value is -0.920. The third kappa shape index (κ3) is 9.08. The molecule has 1 heterocycles. The van der Waals surface area contributed by atoms with E-state index >= 15 is 0 Å². The van der Waals surface area contributed by atoms with Crippen molar-refractivity contribution in [3.05, 3.63) is 18.7 Å². The number of aliphatic hydroxyl groups excluding tert-OH is 1. The summed E-state index contributed by atoms with van der Waals surface area (Å²) in [5.74, 6) is 0. The summed E-state index contributed by atoms with van der Waals surface area (Å²) in [6.45, 7) is 0.0451. The molecule has 0 fully saturated rings. The van der Waals surface area contributed by atoms with E-state index < -0.39 is 10.1 Å². The lowest BCUT2D eigenvalue weighted by Crippen LogP contribution is -2.29. The van der Waals surface area contributed by atoms with Crippen molar-refractivity contribution in [3.63, 3.8) is 0 Å². The standard InChI is InChI=1S/C4H6N2O.CH4O3S/c7-4-6-2-1-5-3-6;1-5(2,3)4/h1-3,7H,4H2;1H3,(H,2,3,4). The Bertz CT molecular complexity index is 283. The molecule has 0 aliphatic rings. The average Bonchev–Trinajstić information content (AvgIpc) is 2.33. The molecule has 0 bridgehead atoms. The molecule has 0 aromatic carbocycles. The summed E-state index contributed by atoms with van der Waals surface area (Å²) in [6.07, 6.45) is 5.78. The quantitative estimate of drug-likeness (QED) is 0.416. The van der Waals surface area contributed by atoms with Crippen molar-refractivity contribution in [1.82, 2.24) is 4.98 Å². The van der Waals surface area contributed by atoms with Crippen LogP contribution in [-0.2, 0) is 16.8 Å². The van der Waals surface area contributed by atoms with Crippen molar-refractivity contribution >= 4 is 10.1 Å². The lowest BCUT2D eigenvalue weighted by Gasteiger charge is -1.90. The molecule has 12 heavy (non-hydrogen) atoms. The molecule has 6 nitrogen and oxygen atoms in total. The maximum atomic E-state index is 9.08. The van der Waals surface area contributed by atoms with E-state index in [0.717, 1.165) is 0 Å². The first-order valence-electron chi connectivity index (χ1n) is 2.97. The molecular formula is C5H10N2O4S. The predicted molar refractivity (Wildman–Crippen MR) is 38.8 cm³/mol. The van der Waals surface area contributed by atoms with Gasteiger partial charge < -0.3 is 9.66 Å². The Morgan fingerprint density at radius 3 is 2.33 bits per heavy atom. The van der Waals surface area contributed by atoms with Crippen LogP contribution in [0.4, 0.5) is 0 Å². The first-order chi connectivity index (χ1) is 5.43. The first kappa shape index (κ1) is 11.1. The van der Waals surface area contributed by atoms with Crippen LogP contribution < -0.4 is 4.57 Å². The SMILES string of the molecule is CS(=O)(=O)[O-].OC[n+]1cc[nH]c1. The second kappa shape index (κ2) is 4.86. The molecule has 0 unspecified atom stereocenters. The molecule has 0 saturated heterocycles. The summed E-state index contributed by atoms with van der Waals surface area (Å²) in [4.78, 5) is 2.78. The zero-order chi connectivity index (χ0) is 9.61. The Morgan fingerprint density at radius 1 is 1.67 bits per heavy atom. The number of nitrogens with zero attached hydrogens (tertiary/aromatic N) is 1. The van der Waals surface area contributed by atoms with Gasteiger partial charge in [-0.2, -0.15) is 0 Å². The number of H-pyrrole nitrogens is 1. The van der Waals surface area contributed by atoms with Gasteiger partial charge in [0.15, 0.2) is 6.73 Å². The van der Waals surface area contributed by atoms with Gasteiger partial charge in [0.1, 0.15) is 12.4 Å². The minimum absolute atomic E-state index is 0.0451. The zero-order valence-electron chi connectivity index (χ0n) is 6.47. The Labute approximate surface area is 70.2 Å². The molecule has 0 aliphatic heterocycles. The number of hydrogen-bond donors (Lipinski definition) is 2. The molecule has 0 radical (unpaired) electrons. The van der Waals surface area contributed by atoms with Gasteiger partial charge in [-0.25, -0.2) is 13.0 Å². The van der Waals surface area contributed by atoms with E-state index in [0.29, 0.717) is 6.26 Å². The van der Waals surface area contributed by atoms with Gasteiger partial charge in [-0.05, 0) is 0 Å². The van der Waals surface area contributed by atoms with Gasteiger partial charge in [-0.3, -0.25) is 4.98 Å². The normalized spacial score (nSPS) is 10.2. The van der Waals surface area contributed by atoms with Gasteiger partial charge in [-0.15, -0.1) is 0 Å². The summed E-state index contributed by atoms with van der Waals surface area (Å²) < 4.78 is 28.9. The van der Waals surface area contributed by atoms with Gasteiger partial charge in [-0.1, -0.05) is 0 Å². The highest BCUT2D eigenvalue weighted by atomic mass is 32.2. The number of hydrogen-bond acceptors (Lipinski definition) is 4. The monoisotopic (exact) mass is 194 g/mol. The van der Waals surface area contributed by atoms with Crippen LogP contribution >= 0.6 is 0 Å². The van der Waals surface area contributed by atoms with Crippen molar-refractivity contribution in [2.24, 2.45) is 0 Å². The van der Waals surface area contributed by atoms with Crippen molar-refractivity contribution in [2.45, 2.75) is 6.73 Å². The van der Waals surface area contributed by atoms with Crippen LogP contribution in [-0.4, -0.2) is 29.3 Å². The van der Waals surface area contributed by atoms with Crippen LogP contribution in [0.2, 0.25) is 0 Å². The fourth-order valence-electron chi connectivity index (χ4n) is 0.409. The Morgan fingerprint density at radius 2 is 2.17 bits per heavy atom. The van der Waals surface area contributed by atoms with Crippen LogP contribution in [0.3, 0.4) is 0 Å². The van der Waals surface area contributed by atoms with Crippen LogP contribution in [0.25, 0.3) is 0 Å². The van der Waals surface area contributed by atoms with Gasteiger partial charge in [0.25, 0.3) is 0 Å².